The highest BCUT2D eigenvalue weighted by atomic mass is 35.5. The van der Waals surface area contributed by atoms with Gasteiger partial charge in [-0.05, 0) is 80.0 Å². The fourth-order valence-corrected chi connectivity index (χ4v) is 10.2. The molecule has 0 aliphatic carbocycles. The van der Waals surface area contributed by atoms with Gasteiger partial charge in [-0.2, -0.15) is 9.57 Å². The van der Waals surface area contributed by atoms with Crippen molar-refractivity contribution >= 4 is 56.7 Å². The summed E-state index contributed by atoms with van der Waals surface area (Å²) < 4.78 is 29.1. The maximum absolute atomic E-state index is 13.8. The van der Waals surface area contributed by atoms with Gasteiger partial charge in [0.2, 0.25) is 27.8 Å². The van der Waals surface area contributed by atoms with Crippen LogP contribution >= 0.6 is 11.6 Å². The van der Waals surface area contributed by atoms with Gasteiger partial charge in [0.1, 0.15) is 12.1 Å². The summed E-state index contributed by atoms with van der Waals surface area (Å²) in [6.07, 6.45) is 6.74. The number of hydrogen-bond acceptors (Lipinski definition) is 12. The number of anilines is 3. The molecule has 4 saturated heterocycles. The first-order valence-corrected chi connectivity index (χ1v) is 21.2. The second-order valence-corrected chi connectivity index (χ2v) is 17.7. The van der Waals surface area contributed by atoms with Crippen molar-refractivity contribution in [3.63, 3.8) is 0 Å². The van der Waals surface area contributed by atoms with Gasteiger partial charge in [0.05, 0.1) is 33.6 Å². The maximum Gasteiger partial charge on any atom is 0.255 e. The van der Waals surface area contributed by atoms with E-state index in [9.17, 15) is 28.1 Å². The highest BCUT2D eigenvalue weighted by molar-refractivity contribution is 7.89. The number of benzene rings is 2. The normalized spacial score (nSPS) is 21.9. The molecule has 0 bridgehead atoms. The zero-order valence-corrected chi connectivity index (χ0v) is 32.6. The molecule has 1 aromatic heterocycles. The van der Waals surface area contributed by atoms with Crippen molar-refractivity contribution < 1.29 is 22.8 Å². The SMILES string of the molecule is N#Cc1ccc(S(=O)(=O)N2CCC(Nc3ncc(Cl)cn3)CC2)cc1N1CCC(CN2CCN(c3ccc4c(c3)CN(C3CCC(=O)NC3=O)C4=O)CC2)CC1. The molecule has 5 aliphatic heterocycles. The van der Waals surface area contributed by atoms with Gasteiger partial charge >= 0.3 is 0 Å². The lowest BCUT2D eigenvalue weighted by Gasteiger charge is -2.40. The predicted octanol–water partition coefficient (Wildman–Crippen LogP) is 3.07. The first-order valence-electron chi connectivity index (χ1n) is 19.3. The summed E-state index contributed by atoms with van der Waals surface area (Å²) in [6, 6.07) is 12.5. The minimum Gasteiger partial charge on any atom is -0.370 e. The van der Waals surface area contributed by atoms with Gasteiger partial charge in [-0.25, -0.2) is 18.4 Å². The Morgan fingerprint density at radius 2 is 1.61 bits per heavy atom. The number of imide groups is 1. The number of carbonyl (C=O) groups excluding carboxylic acids is 3. The van der Waals surface area contributed by atoms with E-state index in [4.69, 9.17) is 11.6 Å². The predicted molar refractivity (Wildman–Crippen MR) is 210 cm³/mol. The van der Waals surface area contributed by atoms with Crippen molar-refractivity contribution in [1.29, 1.82) is 5.26 Å². The molecule has 2 N–H and O–H groups in total. The first-order chi connectivity index (χ1) is 27.0. The van der Waals surface area contributed by atoms with Crippen molar-refractivity contribution in [3.8, 4) is 6.07 Å². The Labute approximate surface area is 331 Å². The number of sulfonamides is 1. The molecule has 15 nitrogen and oxygen atoms in total. The van der Waals surface area contributed by atoms with Gasteiger partial charge in [-0.3, -0.25) is 24.6 Å². The molecule has 0 spiro atoms. The number of aromatic nitrogens is 2. The molecule has 56 heavy (non-hydrogen) atoms. The van der Waals surface area contributed by atoms with E-state index in [0.29, 0.717) is 72.6 Å². The van der Waals surface area contributed by atoms with Crippen molar-refractivity contribution in [3.05, 3.63) is 70.5 Å². The number of nitrogens with one attached hydrogen (secondary N) is 2. The zero-order valence-electron chi connectivity index (χ0n) is 31.1. The number of piperidine rings is 3. The molecule has 294 valence electrons. The Hall–Kier alpha value is -4.82. The van der Waals surface area contributed by atoms with E-state index in [0.717, 1.165) is 69.9 Å². The largest absolute Gasteiger partial charge is 0.370 e. The van der Waals surface area contributed by atoms with Crippen LogP contribution < -0.4 is 20.4 Å². The molecule has 3 amide bonds. The number of nitrogens with zero attached hydrogens (tertiary/aromatic N) is 8. The van der Waals surface area contributed by atoms with Crippen molar-refractivity contribution in [2.75, 3.05) is 74.0 Å². The van der Waals surface area contributed by atoms with Crippen LogP contribution in [0.25, 0.3) is 0 Å². The molecule has 1 unspecified atom stereocenters. The minimum atomic E-state index is -3.75. The van der Waals surface area contributed by atoms with Gasteiger partial charge < -0.3 is 20.0 Å². The molecule has 1 atom stereocenters. The summed E-state index contributed by atoms with van der Waals surface area (Å²) in [6.45, 7) is 7.12. The summed E-state index contributed by atoms with van der Waals surface area (Å²) in [5.41, 5.74) is 3.75. The van der Waals surface area contributed by atoms with Crippen LogP contribution in [0.3, 0.4) is 0 Å². The summed E-state index contributed by atoms with van der Waals surface area (Å²) in [5, 5.41) is 16.0. The van der Waals surface area contributed by atoms with Crippen LogP contribution in [0.4, 0.5) is 17.3 Å². The zero-order chi connectivity index (χ0) is 39.0. The van der Waals surface area contributed by atoms with E-state index in [-0.39, 0.29) is 29.2 Å². The van der Waals surface area contributed by atoms with Crippen molar-refractivity contribution in [2.45, 2.75) is 62.0 Å². The number of piperazine rings is 1. The molecular formula is C39H45ClN10O5S. The van der Waals surface area contributed by atoms with Gasteiger partial charge in [-0.1, -0.05) is 11.6 Å². The third kappa shape index (κ3) is 7.90. The molecule has 4 fully saturated rings. The van der Waals surface area contributed by atoms with Crippen LogP contribution in [-0.2, 0) is 26.2 Å². The monoisotopic (exact) mass is 800 g/mol. The number of nitriles is 1. The third-order valence-corrected chi connectivity index (χ3v) is 13.9. The smallest absolute Gasteiger partial charge is 0.255 e. The molecule has 8 rings (SSSR count). The molecule has 0 radical (unpaired) electrons. The maximum atomic E-state index is 13.8. The molecular weight excluding hydrogens is 756 g/mol. The number of fused-ring (bicyclic) bond motifs is 1. The molecule has 5 aliphatic rings. The number of rotatable bonds is 9. The number of amides is 3. The van der Waals surface area contributed by atoms with E-state index < -0.39 is 22.0 Å². The standard InChI is InChI=1S/C39H45ClN10O5S/c40-29-22-42-39(43-23-29)44-30-9-13-49(14-10-30)56(54,55)32-3-1-27(21-41)35(20-32)48-11-7-26(8-12-48)24-46-15-17-47(18-16-46)31-2-4-33-28(19-31)25-50(38(33)53)34-5-6-36(51)45-37(34)52/h1-4,19-20,22-23,26,30,34H,5-18,24-25H2,(H,42,43,44)(H,45,51,52). The highest BCUT2D eigenvalue weighted by Crippen LogP contribution is 2.33. The van der Waals surface area contributed by atoms with Crippen LogP contribution in [0, 0.1) is 17.2 Å². The summed E-state index contributed by atoms with van der Waals surface area (Å²) in [7, 11) is -3.75. The second kappa shape index (κ2) is 16.0. The third-order valence-electron chi connectivity index (χ3n) is 11.9. The quantitative estimate of drug-likeness (QED) is 0.303. The van der Waals surface area contributed by atoms with Crippen LogP contribution in [0.5, 0.6) is 0 Å². The first kappa shape index (κ1) is 38.1. The minimum absolute atomic E-state index is 0.0451. The highest BCUT2D eigenvalue weighted by Gasteiger charge is 2.39. The lowest BCUT2D eigenvalue weighted by atomic mass is 9.95. The Kier molecular flexibility index (Phi) is 10.9. The topological polar surface area (TPSA) is 175 Å². The second-order valence-electron chi connectivity index (χ2n) is 15.3. The Morgan fingerprint density at radius 1 is 0.875 bits per heavy atom. The van der Waals surface area contributed by atoms with E-state index in [1.165, 1.54) is 16.7 Å². The molecule has 17 heteroatoms. The van der Waals surface area contributed by atoms with Crippen LogP contribution in [0.2, 0.25) is 5.02 Å². The Balaban J connectivity index is 0.820. The van der Waals surface area contributed by atoms with E-state index in [1.54, 1.807) is 23.1 Å². The van der Waals surface area contributed by atoms with E-state index >= 15 is 0 Å². The summed E-state index contributed by atoms with van der Waals surface area (Å²) in [4.78, 5) is 54.4. The van der Waals surface area contributed by atoms with Crippen molar-refractivity contribution in [1.82, 2.24) is 29.4 Å². The number of carbonyl (C=O) groups is 3. The van der Waals surface area contributed by atoms with Gasteiger partial charge in [0.25, 0.3) is 5.91 Å². The molecule has 2 aromatic carbocycles. The fraction of sp³-hybridized carbons (Fsp3) is 0.487. The summed E-state index contributed by atoms with van der Waals surface area (Å²) in [5.74, 6) is 0.102. The van der Waals surface area contributed by atoms with E-state index in [1.807, 2.05) is 12.1 Å². The molecule has 0 saturated carbocycles. The molecule has 3 aromatic rings. The van der Waals surface area contributed by atoms with Crippen LogP contribution in [-0.4, -0.2) is 121 Å². The van der Waals surface area contributed by atoms with Gasteiger partial charge in [0, 0.05) is 89.2 Å². The Bertz CT molecular complexity index is 2140. The van der Waals surface area contributed by atoms with Crippen LogP contribution in [0.1, 0.15) is 60.0 Å². The van der Waals surface area contributed by atoms with Gasteiger partial charge in [0.15, 0.2) is 0 Å². The van der Waals surface area contributed by atoms with E-state index in [2.05, 4.69) is 47.4 Å². The number of halogens is 1. The fourth-order valence-electron chi connectivity index (χ4n) is 8.65. The van der Waals surface area contributed by atoms with Gasteiger partial charge in [-0.15, -0.1) is 0 Å². The van der Waals surface area contributed by atoms with Crippen molar-refractivity contribution in [2.24, 2.45) is 5.92 Å². The number of hydrogen-bond donors (Lipinski definition) is 2. The van der Waals surface area contributed by atoms with Crippen LogP contribution in [0.15, 0.2) is 53.7 Å². The Morgan fingerprint density at radius 3 is 2.30 bits per heavy atom. The lowest BCUT2D eigenvalue weighted by molar-refractivity contribution is -0.136. The summed E-state index contributed by atoms with van der Waals surface area (Å²) >= 11 is 5.89. The molecule has 6 heterocycles. The average molecular weight is 801 g/mol. The lowest BCUT2D eigenvalue weighted by Crippen LogP contribution is -2.52. The average Bonchev–Trinajstić information content (AvgIpc) is 3.54.